The van der Waals surface area contributed by atoms with Crippen molar-refractivity contribution in [3.05, 3.63) is 66.0 Å². The van der Waals surface area contributed by atoms with Gasteiger partial charge in [0, 0.05) is 47.6 Å². The fourth-order valence-corrected chi connectivity index (χ4v) is 3.00. The molecule has 0 atom stereocenters. The lowest BCUT2D eigenvalue weighted by molar-refractivity contribution is 0.886. The van der Waals surface area contributed by atoms with Crippen LogP contribution < -0.4 is 10.6 Å². The lowest BCUT2D eigenvalue weighted by Gasteiger charge is -2.19. The van der Waals surface area contributed by atoms with E-state index in [2.05, 4.69) is 40.2 Å². The summed E-state index contributed by atoms with van der Waals surface area (Å²) in [5.41, 5.74) is 10.8. The molecule has 0 unspecified atom stereocenters. The number of aromatic nitrogens is 1. The van der Waals surface area contributed by atoms with Crippen molar-refractivity contribution in [2.24, 2.45) is 0 Å². The fourth-order valence-electron chi connectivity index (χ4n) is 3.00. The number of hydrogen-bond donors (Lipinski definition) is 1. The molecule has 20 heavy (non-hydrogen) atoms. The summed E-state index contributed by atoms with van der Waals surface area (Å²) in [6, 6.07) is 14.6. The molecule has 0 spiro atoms. The number of anilines is 2. The quantitative estimate of drug-likeness (QED) is 0.683. The van der Waals surface area contributed by atoms with Crippen LogP contribution in [0.1, 0.15) is 11.1 Å². The van der Waals surface area contributed by atoms with Gasteiger partial charge in [-0.3, -0.25) is 4.98 Å². The number of nitrogen functional groups attached to an aromatic ring is 1. The van der Waals surface area contributed by atoms with E-state index < -0.39 is 0 Å². The molecule has 1 aliphatic rings. The van der Waals surface area contributed by atoms with Crippen molar-refractivity contribution in [2.75, 3.05) is 10.6 Å². The van der Waals surface area contributed by atoms with Crippen LogP contribution in [0.15, 0.2) is 54.9 Å². The first-order valence-electron chi connectivity index (χ1n) is 6.77. The third-order valence-corrected chi connectivity index (χ3v) is 4.02. The van der Waals surface area contributed by atoms with Gasteiger partial charge in [0.15, 0.2) is 0 Å². The van der Waals surface area contributed by atoms with Crippen LogP contribution in [0.5, 0.6) is 0 Å². The van der Waals surface area contributed by atoms with E-state index in [0.29, 0.717) is 0 Å². The molecule has 0 saturated heterocycles. The Bertz CT molecular complexity index is 790. The smallest absolute Gasteiger partial charge is 0.0457 e. The molecule has 0 radical (unpaired) electrons. The second kappa shape index (κ2) is 4.23. The number of nitrogens with zero attached hydrogens (tertiary/aromatic N) is 2. The Kier molecular flexibility index (Phi) is 2.39. The van der Waals surface area contributed by atoms with Gasteiger partial charge in [-0.05, 0) is 29.3 Å². The minimum absolute atomic E-state index is 0.878. The van der Waals surface area contributed by atoms with E-state index in [4.69, 9.17) is 5.73 Å². The molecule has 0 saturated carbocycles. The van der Waals surface area contributed by atoms with Gasteiger partial charge < -0.3 is 10.6 Å². The van der Waals surface area contributed by atoms with Gasteiger partial charge >= 0.3 is 0 Å². The minimum atomic E-state index is 0.878. The summed E-state index contributed by atoms with van der Waals surface area (Å²) >= 11 is 0. The maximum atomic E-state index is 6.09. The van der Waals surface area contributed by atoms with Crippen molar-refractivity contribution in [2.45, 2.75) is 13.1 Å². The Labute approximate surface area is 117 Å². The van der Waals surface area contributed by atoms with Gasteiger partial charge in [0.25, 0.3) is 0 Å². The topological polar surface area (TPSA) is 42.1 Å². The van der Waals surface area contributed by atoms with Crippen LogP contribution in [0.3, 0.4) is 0 Å². The predicted octanol–water partition coefficient (Wildman–Crippen LogP) is 3.34. The number of pyridine rings is 1. The van der Waals surface area contributed by atoms with Crippen molar-refractivity contribution >= 4 is 22.1 Å². The molecule has 3 nitrogen and oxygen atoms in total. The highest BCUT2D eigenvalue weighted by molar-refractivity contribution is 5.94. The van der Waals surface area contributed by atoms with Gasteiger partial charge in [-0.25, -0.2) is 0 Å². The van der Waals surface area contributed by atoms with Crippen molar-refractivity contribution in [1.29, 1.82) is 0 Å². The Hall–Kier alpha value is -2.55. The molecular weight excluding hydrogens is 246 g/mol. The Balaban J connectivity index is 1.81. The Morgan fingerprint density at radius 2 is 1.90 bits per heavy atom. The van der Waals surface area contributed by atoms with E-state index in [0.717, 1.165) is 18.8 Å². The average Bonchev–Trinajstić information content (AvgIpc) is 2.92. The largest absolute Gasteiger partial charge is 0.398 e. The molecule has 0 fully saturated rings. The summed E-state index contributed by atoms with van der Waals surface area (Å²) < 4.78 is 0. The zero-order chi connectivity index (χ0) is 13.5. The van der Waals surface area contributed by atoms with Crippen molar-refractivity contribution in [3.63, 3.8) is 0 Å². The molecule has 2 aromatic carbocycles. The average molecular weight is 261 g/mol. The molecule has 3 aromatic rings. The molecule has 0 bridgehead atoms. The van der Waals surface area contributed by atoms with Crippen LogP contribution in [0.25, 0.3) is 10.8 Å². The molecule has 2 heterocycles. The van der Waals surface area contributed by atoms with Crippen LogP contribution >= 0.6 is 0 Å². The highest BCUT2D eigenvalue weighted by Gasteiger charge is 2.21. The zero-order valence-corrected chi connectivity index (χ0v) is 11.1. The Morgan fingerprint density at radius 1 is 1.00 bits per heavy atom. The molecule has 0 aliphatic carbocycles. The van der Waals surface area contributed by atoms with Gasteiger partial charge in [-0.1, -0.05) is 24.3 Å². The highest BCUT2D eigenvalue weighted by atomic mass is 15.1. The number of nitrogens with two attached hydrogens (primary N) is 1. The van der Waals surface area contributed by atoms with Crippen LogP contribution in [-0.4, -0.2) is 4.98 Å². The maximum absolute atomic E-state index is 6.09. The minimum Gasteiger partial charge on any atom is -0.398 e. The first-order chi connectivity index (χ1) is 9.83. The zero-order valence-electron chi connectivity index (χ0n) is 11.1. The van der Waals surface area contributed by atoms with Crippen LogP contribution in [0.2, 0.25) is 0 Å². The molecule has 98 valence electrons. The molecular formula is C17H15N3. The molecule has 1 aliphatic heterocycles. The number of fused-ring (bicyclic) bond motifs is 2. The summed E-state index contributed by atoms with van der Waals surface area (Å²) in [6.07, 6.45) is 3.76. The van der Waals surface area contributed by atoms with E-state index >= 15 is 0 Å². The second-order valence-electron chi connectivity index (χ2n) is 5.21. The van der Waals surface area contributed by atoms with Gasteiger partial charge in [0.1, 0.15) is 0 Å². The van der Waals surface area contributed by atoms with E-state index in [1.165, 1.54) is 27.6 Å². The van der Waals surface area contributed by atoms with Gasteiger partial charge in [-0.15, -0.1) is 0 Å². The first kappa shape index (κ1) is 11.3. The number of rotatable bonds is 1. The van der Waals surface area contributed by atoms with Gasteiger partial charge in [0.05, 0.1) is 0 Å². The summed E-state index contributed by atoms with van der Waals surface area (Å²) in [7, 11) is 0. The summed E-state index contributed by atoms with van der Waals surface area (Å²) in [5, 5.41) is 2.42. The maximum Gasteiger partial charge on any atom is 0.0457 e. The lowest BCUT2D eigenvalue weighted by Crippen LogP contribution is -2.14. The molecule has 4 rings (SSSR count). The number of benzene rings is 2. The van der Waals surface area contributed by atoms with E-state index in [9.17, 15) is 0 Å². The normalized spacial score (nSPS) is 13.7. The molecule has 1 aromatic heterocycles. The lowest BCUT2D eigenvalue weighted by atomic mass is 10.1. The van der Waals surface area contributed by atoms with E-state index in [-0.39, 0.29) is 0 Å². The summed E-state index contributed by atoms with van der Waals surface area (Å²) in [4.78, 5) is 6.57. The van der Waals surface area contributed by atoms with Crippen LogP contribution in [-0.2, 0) is 13.1 Å². The predicted molar refractivity (Wildman–Crippen MR) is 82.5 cm³/mol. The van der Waals surface area contributed by atoms with Gasteiger partial charge in [-0.2, -0.15) is 0 Å². The van der Waals surface area contributed by atoms with Crippen molar-refractivity contribution in [3.8, 4) is 0 Å². The third kappa shape index (κ3) is 1.63. The monoisotopic (exact) mass is 261 g/mol. The summed E-state index contributed by atoms with van der Waals surface area (Å²) in [6.45, 7) is 1.80. The molecule has 3 heteroatoms. The highest BCUT2D eigenvalue weighted by Crippen LogP contribution is 2.34. The SMILES string of the molecule is Nc1cccc2c1CN(c1cccc3cnccc13)C2. The fraction of sp³-hybridized carbons (Fsp3) is 0.118. The van der Waals surface area contributed by atoms with Crippen LogP contribution in [0.4, 0.5) is 11.4 Å². The molecule has 0 amide bonds. The summed E-state index contributed by atoms with van der Waals surface area (Å²) in [5.74, 6) is 0. The first-order valence-corrected chi connectivity index (χ1v) is 6.77. The van der Waals surface area contributed by atoms with Crippen LogP contribution in [0, 0.1) is 0 Å². The Morgan fingerprint density at radius 3 is 2.80 bits per heavy atom. The van der Waals surface area contributed by atoms with Crippen molar-refractivity contribution in [1.82, 2.24) is 4.98 Å². The van der Waals surface area contributed by atoms with E-state index in [1.54, 1.807) is 0 Å². The second-order valence-corrected chi connectivity index (χ2v) is 5.21. The number of hydrogen-bond acceptors (Lipinski definition) is 3. The molecule has 2 N–H and O–H groups in total. The van der Waals surface area contributed by atoms with Gasteiger partial charge in [0.2, 0.25) is 0 Å². The third-order valence-electron chi connectivity index (χ3n) is 4.02. The standard InChI is InChI=1S/C17H15N3/c18-16-5-1-4-13-10-20(11-15(13)16)17-6-2-3-12-9-19-8-7-14(12)17/h1-9H,10-11,18H2. The van der Waals surface area contributed by atoms with E-state index in [1.807, 2.05) is 24.5 Å². The van der Waals surface area contributed by atoms with Crippen molar-refractivity contribution < 1.29 is 0 Å².